The molecule has 6 nitrogen and oxygen atoms in total. The first-order valence-electron chi connectivity index (χ1n) is 8.25. The van der Waals surface area contributed by atoms with Gasteiger partial charge in [0.1, 0.15) is 5.75 Å². The number of hydrogen-bond donors (Lipinski definition) is 1. The highest BCUT2D eigenvalue weighted by Gasteiger charge is 2.21. The molecule has 0 aliphatic rings. The van der Waals surface area contributed by atoms with E-state index in [1.807, 2.05) is 22.8 Å². The van der Waals surface area contributed by atoms with Gasteiger partial charge < -0.3 is 9.67 Å². The van der Waals surface area contributed by atoms with Gasteiger partial charge >= 0.3 is 5.69 Å². The van der Waals surface area contributed by atoms with E-state index in [4.69, 9.17) is 11.6 Å². The summed E-state index contributed by atoms with van der Waals surface area (Å²) < 4.78 is 4.34. The normalized spacial score (nSPS) is 11.2. The summed E-state index contributed by atoms with van der Waals surface area (Å²) in [5.41, 5.74) is 1.72. The maximum absolute atomic E-state index is 13.0. The molecule has 27 heavy (non-hydrogen) atoms. The van der Waals surface area contributed by atoms with Gasteiger partial charge in [-0.2, -0.15) is 0 Å². The van der Waals surface area contributed by atoms with Gasteiger partial charge in [0.2, 0.25) is 0 Å². The molecule has 4 rings (SSSR count). The first-order valence-corrected chi connectivity index (χ1v) is 8.63. The van der Waals surface area contributed by atoms with Crippen LogP contribution in [0, 0.1) is 0 Å². The summed E-state index contributed by atoms with van der Waals surface area (Å²) in [5, 5.41) is 10.5. The number of nitrogens with zero attached hydrogens (tertiary/aromatic N) is 3. The number of phenols is 1. The molecule has 0 fully saturated rings. The van der Waals surface area contributed by atoms with Gasteiger partial charge in [0.15, 0.2) is 0 Å². The molecule has 0 unspecified atom stereocenters. The van der Waals surface area contributed by atoms with Crippen molar-refractivity contribution in [1.82, 2.24) is 13.7 Å². The van der Waals surface area contributed by atoms with Crippen molar-refractivity contribution in [2.45, 2.75) is 0 Å². The van der Waals surface area contributed by atoms with E-state index < -0.39 is 5.69 Å². The van der Waals surface area contributed by atoms with Crippen molar-refractivity contribution in [2.75, 3.05) is 0 Å². The molecular weight excluding hydrogens is 366 g/mol. The Bertz CT molecular complexity index is 1300. The smallest absolute Gasteiger partial charge is 0.330 e. The number of hydrogen-bond acceptors (Lipinski definition) is 3. The Morgan fingerprint density at radius 2 is 1.59 bits per heavy atom. The molecule has 7 heteroatoms. The lowest BCUT2D eigenvalue weighted by molar-refractivity contribution is 0.475. The van der Waals surface area contributed by atoms with Gasteiger partial charge in [0.05, 0.1) is 16.6 Å². The number of rotatable bonds is 2. The highest BCUT2D eigenvalue weighted by molar-refractivity contribution is 6.33. The van der Waals surface area contributed by atoms with Crippen molar-refractivity contribution in [2.24, 2.45) is 14.1 Å². The molecule has 0 aliphatic heterocycles. The Kier molecular flexibility index (Phi) is 3.93. The van der Waals surface area contributed by atoms with Gasteiger partial charge in [-0.25, -0.2) is 4.79 Å². The fraction of sp³-hybridized carbons (Fsp3) is 0.100. The lowest BCUT2D eigenvalue weighted by atomic mass is 10.1. The third-order valence-corrected chi connectivity index (χ3v) is 5.03. The quantitative estimate of drug-likeness (QED) is 0.580. The van der Waals surface area contributed by atoms with Gasteiger partial charge in [0, 0.05) is 36.6 Å². The first-order chi connectivity index (χ1) is 12.9. The molecule has 0 saturated carbocycles. The molecule has 0 aliphatic carbocycles. The van der Waals surface area contributed by atoms with E-state index in [1.165, 1.54) is 11.6 Å². The zero-order valence-corrected chi connectivity index (χ0v) is 15.4. The van der Waals surface area contributed by atoms with E-state index in [0.29, 0.717) is 27.2 Å². The molecule has 0 spiro atoms. The van der Waals surface area contributed by atoms with E-state index >= 15 is 0 Å². The van der Waals surface area contributed by atoms with Crippen LogP contribution in [0.2, 0.25) is 5.02 Å². The maximum Gasteiger partial charge on any atom is 0.330 e. The minimum Gasteiger partial charge on any atom is -0.508 e. The minimum atomic E-state index is -0.402. The second kappa shape index (κ2) is 6.17. The van der Waals surface area contributed by atoms with Crippen molar-refractivity contribution in [3.8, 4) is 22.7 Å². The van der Waals surface area contributed by atoms with E-state index in [1.54, 1.807) is 43.6 Å². The van der Waals surface area contributed by atoms with Crippen LogP contribution in [0.5, 0.6) is 5.75 Å². The lowest BCUT2D eigenvalue weighted by Crippen LogP contribution is -2.36. The summed E-state index contributed by atoms with van der Waals surface area (Å²) in [5.74, 6) is 0.137. The molecule has 0 saturated heterocycles. The molecule has 0 atom stereocenters. The highest BCUT2D eigenvalue weighted by atomic mass is 35.5. The average molecular weight is 382 g/mol. The van der Waals surface area contributed by atoms with Crippen LogP contribution in [0.1, 0.15) is 0 Å². The zero-order valence-electron chi connectivity index (χ0n) is 14.7. The molecule has 0 bridgehead atoms. The lowest BCUT2D eigenvalue weighted by Gasteiger charge is -2.11. The Labute approximate surface area is 159 Å². The molecule has 2 heterocycles. The number of halogens is 1. The van der Waals surface area contributed by atoms with E-state index in [0.717, 1.165) is 10.3 Å². The van der Waals surface area contributed by atoms with Gasteiger partial charge in [-0.3, -0.25) is 13.9 Å². The van der Waals surface area contributed by atoms with E-state index in [9.17, 15) is 14.7 Å². The largest absolute Gasteiger partial charge is 0.508 e. The minimum absolute atomic E-state index is 0.137. The third kappa shape index (κ3) is 2.57. The average Bonchev–Trinajstić information content (AvgIpc) is 3.06. The fourth-order valence-corrected chi connectivity index (χ4v) is 3.50. The van der Waals surface area contributed by atoms with Gasteiger partial charge in [-0.05, 0) is 30.3 Å². The van der Waals surface area contributed by atoms with Crippen molar-refractivity contribution >= 4 is 22.5 Å². The van der Waals surface area contributed by atoms with Gasteiger partial charge in [-0.15, -0.1) is 0 Å². The summed E-state index contributed by atoms with van der Waals surface area (Å²) in [6.45, 7) is 0. The van der Waals surface area contributed by atoms with Crippen molar-refractivity contribution in [1.29, 1.82) is 0 Å². The van der Waals surface area contributed by atoms with Crippen LogP contribution in [0.15, 0.2) is 64.3 Å². The number of fused-ring (bicyclic) bond motifs is 1. The molecule has 4 aromatic rings. The molecular formula is C20H16ClN3O3. The van der Waals surface area contributed by atoms with Crippen molar-refractivity contribution in [3.63, 3.8) is 0 Å². The van der Waals surface area contributed by atoms with Crippen LogP contribution in [-0.4, -0.2) is 18.8 Å². The Morgan fingerprint density at radius 1 is 0.926 bits per heavy atom. The number of aromatic hydroxyl groups is 1. The number of aromatic nitrogens is 3. The van der Waals surface area contributed by atoms with E-state index in [-0.39, 0.29) is 11.3 Å². The highest BCUT2D eigenvalue weighted by Crippen LogP contribution is 2.35. The maximum atomic E-state index is 13.0. The Hall–Kier alpha value is -3.25. The molecule has 0 radical (unpaired) electrons. The first kappa shape index (κ1) is 17.2. The van der Waals surface area contributed by atoms with Crippen LogP contribution in [0.4, 0.5) is 0 Å². The van der Waals surface area contributed by atoms with Crippen LogP contribution in [0.25, 0.3) is 27.8 Å². The predicted octanol–water partition coefficient (Wildman–Crippen LogP) is 3.05. The molecule has 136 valence electrons. The molecule has 2 aromatic carbocycles. The monoisotopic (exact) mass is 381 g/mol. The standard InChI is InChI=1S/C20H16ClN3O3/c1-22-16-11-24(12-7-9-13(25)10-8-12)18(14-5-3-4-6-15(14)21)17(16)19(26)23(2)20(22)27/h3-11,25H,1-2H3. The number of benzene rings is 2. The van der Waals surface area contributed by atoms with Gasteiger partial charge in [-0.1, -0.05) is 29.8 Å². The van der Waals surface area contributed by atoms with Crippen LogP contribution in [-0.2, 0) is 14.1 Å². The topological polar surface area (TPSA) is 69.2 Å². The number of phenolic OH excluding ortho intramolecular Hbond substituents is 1. The molecule has 1 N–H and O–H groups in total. The molecule has 2 aromatic heterocycles. The van der Waals surface area contributed by atoms with Crippen molar-refractivity contribution in [3.05, 3.63) is 80.6 Å². The van der Waals surface area contributed by atoms with E-state index in [2.05, 4.69) is 0 Å². The van der Waals surface area contributed by atoms with Crippen LogP contribution >= 0.6 is 11.6 Å². The summed E-state index contributed by atoms with van der Waals surface area (Å²) in [4.78, 5) is 25.3. The summed E-state index contributed by atoms with van der Waals surface area (Å²) >= 11 is 6.43. The second-order valence-electron chi connectivity index (χ2n) is 6.31. The predicted molar refractivity (Wildman–Crippen MR) is 106 cm³/mol. The summed E-state index contributed by atoms with van der Waals surface area (Å²) in [6.07, 6.45) is 1.74. The van der Waals surface area contributed by atoms with Gasteiger partial charge in [0.25, 0.3) is 5.56 Å². The summed E-state index contributed by atoms with van der Waals surface area (Å²) in [7, 11) is 3.08. The van der Waals surface area contributed by atoms with Crippen LogP contribution in [0.3, 0.4) is 0 Å². The fourth-order valence-electron chi connectivity index (χ4n) is 3.28. The number of aryl methyl sites for hydroxylation is 1. The molecule has 0 amide bonds. The Balaban J connectivity index is 2.23. The van der Waals surface area contributed by atoms with Crippen LogP contribution < -0.4 is 11.2 Å². The third-order valence-electron chi connectivity index (χ3n) is 4.70. The van der Waals surface area contributed by atoms with Crippen molar-refractivity contribution < 1.29 is 5.11 Å². The zero-order chi connectivity index (χ0) is 19.3. The SMILES string of the molecule is Cn1c(=O)c2c(-c3ccccc3Cl)n(-c3ccc(O)cc3)cc2n(C)c1=O. The second-order valence-corrected chi connectivity index (χ2v) is 6.72. The Morgan fingerprint density at radius 3 is 2.26 bits per heavy atom. The summed E-state index contributed by atoms with van der Waals surface area (Å²) in [6, 6.07) is 13.8.